The molecule has 0 bridgehead atoms. The predicted molar refractivity (Wildman–Crippen MR) is 181 cm³/mol. The molecule has 3 aliphatic heterocycles. The number of aromatic nitrogens is 1. The lowest BCUT2D eigenvalue weighted by molar-refractivity contribution is 0.0384. The maximum Gasteiger partial charge on any atom is 0.209 e. The van der Waals surface area contributed by atoms with E-state index in [2.05, 4.69) is 9.88 Å². The number of aliphatic imine (C=N–C) groups is 1. The van der Waals surface area contributed by atoms with Crippen LogP contribution in [0.4, 0.5) is 18.9 Å². The highest BCUT2D eigenvalue weighted by atomic mass is 32.2. The van der Waals surface area contributed by atoms with E-state index in [9.17, 15) is 17.2 Å². The van der Waals surface area contributed by atoms with Gasteiger partial charge in [-0.3, -0.25) is 9.88 Å². The van der Waals surface area contributed by atoms with Gasteiger partial charge >= 0.3 is 0 Å². The van der Waals surface area contributed by atoms with E-state index in [1.54, 1.807) is 25.1 Å². The number of methoxy groups -OCH3 is 1. The van der Waals surface area contributed by atoms with Gasteiger partial charge in [-0.05, 0) is 79.6 Å². The summed E-state index contributed by atoms with van der Waals surface area (Å²) in [4.78, 5) is 13.2. The van der Waals surface area contributed by atoms with Gasteiger partial charge in [0.2, 0.25) is 10.0 Å². The summed E-state index contributed by atoms with van der Waals surface area (Å²) in [6.07, 6.45) is 4.03. The van der Waals surface area contributed by atoms with Gasteiger partial charge in [-0.25, -0.2) is 31.7 Å². The quantitative estimate of drug-likeness (QED) is 0.129. The Morgan fingerprint density at radius 2 is 2.00 bits per heavy atom. The van der Waals surface area contributed by atoms with E-state index < -0.39 is 27.8 Å². The van der Waals surface area contributed by atoms with Gasteiger partial charge in [0, 0.05) is 50.5 Å². The number of aryl methyl sites for hydroxylation is 1. The summed E-state index contributed by atoms with van der Waals surface area (Å²) in [5, 5.41) is 6.44. The number of piperidine rings is 1. The monoisotopic (exact) mass is 704 g/mol. The lowest BCUT2D eigenvalue weighted by atomic mass is 9.95. The van der Waals surface area contributed by atoms with E-state index >= 15 is 4.39 Å². The number of amidine groups is 1. The lowest BCUT2D eigenvalue weighted by Gasteiger charge is -2.35. The highest BCUT2D eigenvalue weighted by Crippen LogP contribution is 2.41. The van der Waals surface area contributed by atoms with Crippen LogP contribution >= 0.6 is 0 Å². The normalized spacial score (nSPS) is 23.4. The highest BCUT2D eigenvalue weighted by molar-refractivity contribution is 7.89. The molecule has 6 rings (SSSR count). The SMILES string of the molecule is COCOc1cc(-c2ncc(/C(=N\COC[C@@]34CCCN3C[C@@H](F)C4)N3CCCC(CS(N)(=O)=O)C3)c(N)c2F)c2c(C)c(F)ccc2c1. The number of anilines is 1. The molecule has 266 valence electrons. The number of primary sulfonamides is 1. The number of halogens is 3. The second-order valence-electron chi connectivity index (χ2n) is 13.4. The van der Waals surface area contributed by atoms with Crippen LogP contribution in [0.15, 0.2) is 35.5 Å². The topological polar surface area (TPSA) is 146 Å². The number of rotatable bonds is 11. The number of fused-ring (bicyclic) bond motifs is 2. The minimum Gasteiger partial charge on any atom is -0.468 e. The Morgan fingerprint density at radius 1 is 1.18 bits per heavy atom. The molecule has 15 heteroatoms. The zero-order chi connectivity index (χ0) is 34.9. The highest BCUT2D eigenvalue weighted by Gasteiger charge is 2.48. The molecule has 0 amide bonds. The van der Waals surface area contributed by atoms with E-state index in [0.29, 0.717) is 73.4 Å². The number of pyridine rings is 1. The smallest absolute Gasteiger partial charge is 0.209 e. The van der Waals surface area contributed by atoms with Crippen molar-refractivity contribution >= 4 is 32.3 Å². The van der Waals surface area contributed by atoms with E-state index in [-0.39, 0.29) is 53.2 Å². The predicted octanol–water partition coefficient (Wildman–Crippen LogP) is 4.35. The number of sulfonamides is 1. The molecule has 0 aliphatic carbocycles. The molecular weight excluding hydrogens is 661 g/mol. The summed E-state index contributed by atoms with van der Waals surface area (Å²) in [6, 6.07) is 6.20. The van der Waals surface area contributed by atoms with Crippen LogP contribution in [0.5, 0.6) is 5.75 Å². The Balaban J connectivity index is 1.36. The first-order valence-electron chi connectivity index (χ1n) is 16.4. The molecule has 2 aromatic carbocycles. The molecule has 1 unspecified atom stereocenters. The molecule has 49 heavy (non-hydrogen) atoms. The molecular formula is C34H43F3N6O5S. The molecule has 3 atom stereocenters. The number of likely N-dealkylation sites (tertiary alicyclic amines) is 1. The largest absolute Gasteiger partial charge is 0.468 e. The van der Waals surface area contributed by atoms with Gasteiger partial charge in [0.05, 0.1) is 23.6 Å². The van der Waals surface area contributed by atoms with E-state index in [1.165, 1.54) is 19.4 Å². The van der Waals surface area contributed by atoms with Crippen LogP contribution in [-0.4, -0.2) is 99.9 Å². The molecule has 3 fully saturated rings. The molecule has 3 saturated heterocycles. The summed E-state index contributed by atoms with van der Waals surface area (Å²) in [5.74, 6) is -1.11. The molecule has 4 N–H and O–H groups in total. The second-order valence-corrected chi connectivity index (χ2v) is 15.0. The zero-order valence-corrected chi connectivity index (χ0v) is 28.6. The fourth-order valence-corrected chi connectivity index (χ4v) is 8.66. The summed E-state index contributed by atoms with van der Waals surface area (Å²) in [7, 11) is -2.26. The standard InChI is InChI=1S/C34H43F3N6O5S/c1-21-28(36)7-6-23-11-25(48-20-46-2)12-26(29(21)23)32-30(37)31(38)27(14-40-32)33(42-9-3-5-22(15-42)17-49(39,44)45)41-19-47-18-34-8-4-10-43(34)16-24(35)13-34/h6-7,11-12,14,22,24H,3-5,8-10,13,15-20H2,1-2H3,(H2,38,40)(H2,39,44,45)/b41-33+/t22?,24-,34-/m0/s1. The maximum atomic E-state index is 16.5. The fourth-order valence-electron chi connectivity index (χ4n) is 7.73. The second kappa shape index (κ2) is 14.4. The average molecular weight is 705 g/mol. The minimum absolute atomic E-state index is 0.0558. The Morgan fingerprint density at radius 3 is 2.78 bits per heavy atom. The zero-order valence-electron chi connectivity index (χ0n) is 27.8. The third-order valence-electron chi connectivity index (χ3n) is 9.91. The molecule has 4 heterocycles. The van der Waals surface area contributed by atoms with E-state index in [4.69, 9.17) is 30.1 Å². The first kappa shape index (κ1) is 35.3. The summed E-state index contributed by atoms with van der Waals surface area (Å²) in [5.41, 5.74) is 6.62. The third-order valence-corrected chi connectivity index (χ3v) is 10.8. The molecule has 0 spiro atoms. The maximum absolute atomic E-state index is 16.5. The summed E-state index contributed by atoms with van der Waals surface area (Å²) < 4.78 is 86.3. The van der Waals surface area contributed by atoms with E-state index in [0.717, 1.165) is 19.4 Å². The van der Waals surface area contributed by atoms with Gasteiger partial charge in [0.25, 0.3) is 0 Å². The Kier molecular flexibility index (Phi) is 10.4. The number of hydrogen-bond donors (Lipinski definition) is 2. The van der Waals surface area contributed by atoms with Gasteiger partial charge in [-0.1, -0.05) is 6.07 Å². The number of ether oxygens (including phenoxy) is 3. The van der Waals surface area contributed by atoms with Crippen molar-refractivity contribution < 1.29 is 35.8 Å². The van der Waals surface area contributed by atoms with Crippen molar-refractivity contribution in [2.75, 3.05) is 64.9 Å². The Labute approximate surface area is 284 Å². The van der Waals surface area contributed by atoms with Crippen molar-refractivity contribution in [3.8, 4) is 17.0 Å². The molecule has 0 saturated carbocycles. The van der Waals surface area contributed by atoms with Gasteiger partial charge in [0.15, 0.2) is 12.6 Å². The van der Waals surface area contributed by atoms with Gasteiger partial charge in [-0.15, -0.1) is 0 Å². The van der Waals surface area contributed by atoms with Crippen LogP contribution in [0.2, 0.25) is 0 Å². The Bertz CT molecular complexity index is 1850. The van der Waals surface area contributed by atoms with Crippen molar-refractivity contribution in [2.45, 2.75) is 50.7 Å². The molecule has 11 nitrogen and oxygen atoms in total. The van der Waals surface area contributed by atoms with Crippen molar-refractivity contribution in [1.82, 2.24) is 14.8 Å². The number of alkyl halides is 1. The van der Waals surface area contributed by atoms with Crippen LogP contribution in [0.3, 0.4) is 0 Å². The van der Waals surface area contributed by atoms with Crippen molar-refractivity contribution in [3.63, 3.8) is 0 Å². The van der Waals surface area contributed by atoms with Gasteiger partial charge < -0.3 is 24.8 Å². The van der Waals surface area contributed by atoms with Crippen LogP contribution in [0.1, 0.15) is 43.2 Å². The van der Waals surface area contributed by atoms with Crippen LogP contribution < -0.4 is 15.6 Å². The number of nitrogens with zero attached hydrogens (tertiary/aromatic N) is 4. The number of nitrogens with two attached hydrogens (primary N) is 2. The number of benzene rings is 2. The van der Waals surface area contributed by atoms with Crippen LogP contribution in [0.25, 0.3) is 22.0 Å². The molecule has 3 aromatic rings. The van der Waals surface area contributed by atoms with Crippen LogP contribution in [0, 0.1) is 24.5 Å². The fraction of sp³-hybridized carbons (Fsp3) is 0.529. The van der Waals surface area contributed by atoms with Crippen LogP contribution in [-0.2, 0) is 19.5 Å². The van der Waals surface area contributed by atoms with Crippen molar-refractivity contribution in [1.29, 1.82) is 0 Å². The first-order valence-corrected chi connectivity index (χ1v) is 18.2. The molecule has 3 aliphatic rings. The number of nitrogen functional groups attached to an aromatic ring is 1. The lowest BCUT2D eigenvalue weighted by Crippen LogP contribution is -2.44. The average Bonchev–Trinajstić information content (AvgIpc) is 3.58. The van der Waals surface area contributed by atoms with Gasteiger partial charge in [0.1, 0.15) is 36.0 Å². The first-order chi connectivity index (χ1) is 23.4. The minimum atomic E-state index is -3.74. The van der Waals surface area contributed by atoms with Crippen molar-refractivity contribution in [3.05, 3.63) is 53.2 Å². The summed E-state index contributed by atoms with van der Waals surface area (Å²) >= 11 is 0. The summed E-state index contributed by atoms with van der Waals surface area (Å²) in [6.45, 7) is 3.76. The molecule has 0 radical (unpaired) electrons. The number of hydrogen-bond acceptors (Lipinski definition) is 9. The van der Waals surface area contributed by atoms with E-state index in [1.807, 2.05) is 4.90 Å². The molecule has 1 aromatic heterocycles. The third kappa shape index (κ3) is 7.50. The van der Waals surface area contributed by atoms with Crippen molar-refractivity contribution in [2.24, 2.45) is 16.0 Å². The Hall–Kier alpha value is -3.50. The van der Waals surface area contributed by atoms with Gasteiger partial charge in [-0.2, -0.15) is 0 Å².